The molecular formula is C40H29N3. The Morgan fingerprint density at radius 1 is 0.535 bits per heavy atom. The lowest BCUT2D eigenvalue weighted by Gasteiger charge is -2.21. The van der Waals surface area contributed by atoms with Gasteiger partial charge in [-0.05, 0) is 59.2 Å². The van der Waals surface area contributed by atoms with E-state index >= 15 is 0 Å². The molecule has 1 aliphatic carbocycles. The number of hydrogen-bond donors (Lipinski definition) is 0. The van der Waals surface area contributed by atoms with Crippen molar-refractivity contribution in [1.29, 1.82) is 0 Å². The van der Waals surface area contributed by atoms with Crippen molar-refractivity contribution in [1.82, 2.24) is 14.1 Å². The van der Waals surface area contributed by atoms with Crippen LogP contribution >= 0.6 is 0 Å². The maximum Gasteiger partial charge on any atom is 0.145 e. The Labute approximate surface area is 250 Å². The second kappa shape index (κ2) is 8.80. The molecule has 3 heteroatoms. The van der Waals surface area contributed by atoms with Crippen LogP contribution in [0.1, 0.15) is 25.0 Å². The monoisotopic (exact) mass is 551 g/mol. The standard InChI is InChI=1S/C40H29N3/c1-40(2)32-19-8-6-18-31(32)37-33(40)24-23-30-29-17-7-10-21-35(29)42(38(30)37)28-16-12-13-26(25-28)39-41-34-20-9-11-22-36(34)43(39)27-14-4-3-5-15-27/h3-25H,1-2H3. The molecule has 0 amide bonds. The minimum Gasteiger partial charge on any atom is -0.309 e. The third kappa shape index (κ3) is 3.33. The minimum atomic E-state index is -0.0657. The lowest BCUT2D eigenvalue weighted by molar-refractivity contribution is 0.661. The van der Waals surface area contributed by atoms with Crippen LogP contribution < -0.4 is 0 Å². The molecule has 0 spiro atoms. The molecule has 0 unspecified atom stereocenters. The van der Waals surface area contributed by atoms with Gasteiger partial charge in [-0.3, -0.25) is 4.57 Å². The summed E-state index contributed by atoms with van der Waals surface area (Å²) in [6, 6.07) is 50.2. The molecule has 0 atom stereocenters. The molecule has 2 aromatic heterocycles. The van der Waals surface area contributed by atoms with Gasteiger partial charge >= 0.3 is 0 Å². The molecular weight excluding hydrogens is 522 g/mol. The molecule has 0 radical (unpaired) electrons. The number of nitrogens with zero attached hydrogens (tertiary/aromatic N) is 3. The molecule has 204 valence electrons. The lowest BCUT2D eigenvalue weighted by Crippen LogP contribution is -2.14. The Kier molecular flexibility index (Phi) is 4.95. The van der Waals surface area contributed by atoms with Gasteiger partial charge in [0.15, 0.2) is 0 Å². The highest BCUT2D eigenvalue weighted by atomic mass is 15.1. The molecule has 3 nitrogen and oxygen atoms in total. The van der Waals surface area contributed by atoms with Crippen molar-refractivity contribution >= 4 is 32.8 Å². The summed E-state index contributed by atoms with van der Waals surface area (Å²) in [5.41, 5.74) is 13.3. The first-order valence-corrected chi connectivity index (χ1v) is 14.9. The van der Waals surface area contributed by atoms with Crippen LogP contribution in [0, 0.1) is 0 Å². The average Bonchev–Trinajstić information content (AvgIpc) is 3.68. The van der Waals surface area contributed by atoms with Gasteiger partial charge in [-0.25, -0.2) is 4.98 Å². The van der Waals surface area contributed by atoms with E-state index in [0.717, 1.165) is 33.8 Å². The second-order valence-corrected chi connectivity index (χ2v) is 12.1. The van der Waals surface area contributed by atoms with Crippen LogP contribution in [0.3, 0.4) is 0 Å². The Morgan fingerprint density at radius 2 is 1.26 bits per heavy atom. The fraction of sp³-hybridized carbons (Fsp3) is 0.0750. The maximum atomic E-state index is 5.17. The Bertz CT molecular complexity index is 2370. The van der Waals surface area contributed by atoms with Gasteiger partial charge in [0.1, 0.15) is 5.82 Å². The highest BCUT2D eigenvalue weighted by Crippen LogP contribution is 2.52. The van der Waals surface area contributed by atoms with E-state index in [1.54, 1.807) is 0 Å². The quantitative estimate of drug-likeness (QED) is 0.214. The zero-order valence-corrected chi connectivity index (χ0v) is 24.1. The Balaban J connectivity index is 1.36. The normalized spacial score (nSPS) is 13.5. The third-order valence-electron chi connectivity index (χ3n) is 9.32. The van der Waals surface area contributed by atoms with Gasteiger partial charge in [-0.15, -0.1) is 0 Å². The van der Waals surface area contributed by atoms with Crippen molar-refractivity contribution < 1.29 is 0 Å². The zero-order valence-electron chi connectivity index (χ0n) is 24.1. The highest BCUT2D eigenvalue weighted by Gasteiger charge is 2.37. The minimum absolute atomic E-state index is 0.0657. The van der Waals surface area contributed by atoms with Crippen molar-refractivity contribution in [2.45, 2.75) is 19.3 Å². The Morgan fingerprint density at radius 3 is 2.14 bits per heavy atom. The number of fused-ring (bicyclic) bond motifs is 8. The van der Waals surface area contributed by atoms with E-state index in [9.17, 15) is 0 Å². The predicted octanol–water partition coefficient (Wildman–Crippen LogP) is 10.1. The molecule has 0 bridgehead atoms. The number of rotatable bonds is 3. The molecule has 9 rings (SSSR count). The highest BCUT2D eigenvalue weighted by molar-refractivity contribution is 6.15. The summed E-state index contributed by atoms with van der Waals surface area (Å²) >= 11 is 0. The molecule has 0 fully saturated rings. The number of benzene rings is 6. The first-order chi connectivity index (χ1) is 21.1. The van der Waals surface area contributed by atoms with Crippen LogP contribution in [-0.2, 0) is 5.41 Å². The SMILES string of the molecule is CC1(C)c2ccccc2-c2c1ccc1c3ccccc3n(-c3cccc(-c4nc5ccccc5n4-c4ccccc4)c3)c21. The summed E-state index contributed by atoms with van der Waals surface area (Å²) in [7, 11) is 0. The van der Waals surface area contributed by atoms with Crippen LogP contribution in [-0.4, -0.2) is 14.1 Å². The summed E-state index contributed by atoms with van der Waals surface area (Å²) in [4.78, 5) is 5.17. The zero-order chi connectivity index (χ0) is 28.7. The van der Waals surface area contributed by atoms with E-state index in [1.165, 1.54) is 44.1 Å². The summed E-state index contributed by atoms with van der Waals surface area (Å²) in [5.74, 6) is 0.937. The molecule has 0 N–H and O–H groups in total. The first-order valence-electron chi connectivity index (χ1n) is 14.9. The number of imidazole rings is 1. The summed E-state index contributed by atoms with van der Waals surface area (Å²) < 4.78 is 4.75. The van der Waals surface area contributed by atoms with Crippen molar-refractivity contribution in [3.05, 3.63) is 151 Å². The largest absolute Gasteiger partial charge is 0.309 e. The summed E-state index contributed by atoms with van der Waals surface area (Å²) in [5, 5.41) is 2.55. The maximum absolute atomic E-state index is 5.17. The third-order valence-corrected chi connectivity index (χ3v) is 9.32. The predicted molar refractivity (Wildman–Crippen MR) is 178 cm³/mol. The van der Waals surface area contributed by atoms with Gasteiger partial charge in [0.05, 0.1) is 22.1 Å². The van der Waals surface area contributed by atoms with Crippen molar-refractivity contribution in [3.8, 4) is 33.9 Å². The van der Waals surface area contributed by atoms with Crippen LogP contribution in [0.25, 0.3) is 66.7 Å². The van der Waals surface area contributed by atoms with E-state index < -0.39 is 0 Å². The number of para-hydroxylation sites is 4. The Hall–Kier alpha value is -5.41. The van der Waals surface area contributed by atoms with E-state index in [4.69, 9.17) is 4.98 Å². The lowest BCUT2D eigenvalue weighted by atomic mass is 9.82. The number of aromatic nitrogens is 3. The molecule has 43 heavy (non-hydrogen) atoms. The molecule has 2 heterocycles. The fourth-order valence-electron chi connectivity index (χ4n) is 7.35. The van der Waals surface area contributed by atoms with Gasteiger partial charge in [0.25, 0.3) is 0 Å². The topological polar surface area (TPSA) is 22.8 Å². The van der Waals surface area contributed by atoms with Crippen LogP contribution in [0.5, 0.6) is 0 Å². The van der Waals surface area contributed by atoms with E-state index in [2.05, 4.69) is 163 Å². The smallest absolute Gasteiger partial charge is 0.145 e. The van der Waals surface area contributed by atoms with Gasteiger partial charge in [0.2, 0.25) is 0 Å². The van der Waals surface area contributed by atoms with Gasteiger partial charge in [0, 0.05) is 38.7 Å². The summed E-state index contributed by atoms with van der Waals surface area (Å²) in [6.45, 7) is 4.70. The van der Waals surface area contributed by atoms with E-state index in [0.29, 0.717) is 0 Å². The molecule has 0 saturated heterocycles. The van der Waals surface area contributed by atoms with E-state index in [-0.39, 0.29) is 5.41 Å². The molecule has 0 aliphatic heterocycles. The van der Waals surface area contributed by atoms with E-state index in [1.807, 2.05) is 0 Å². The molecule has 0 saturated carbocycles. The summed E-state index contributed by atoms with van der Waals surface area (Å²) in [6.07, 6.45) is 0. The van der Waals surface area contributed by atoms with Gasteiger partial charge < -0.3 is 4.57 Å². The van der Waals surface area contributed by atoms with Crippen LogP contribution in [0.15, 0.2) is 140 Å². The molecule has 1 aliphatic rings. The van der Waals surface area contributed by atoms with Crippen molar-refractivity contribution in [2.75, 3.05) is 0 Å². The second-order valence-electron chi connectivity index (χ2n) is 12.1. The van der Waals surface area contributed by atoms with Gasteiger partial charge in [-0.1, -0.05) is 111 Å². The van der Waals surface area contributed by atoms with Crippen LogP contribution in [0.4, 0.5) is 0 Å². The van der Waals surface area contributed by atoms with Crippen molar-refractivity contribution in [3.63, 3.8) is 0 Å². The first kappa shape index (κ1) is 24.2. The fourth-order valence-corrected chi connectivity index (χ4v) is 7.35. The molecule has 8 aromatic rings. The van der Waals surface area contributed by atoms with Crippen LogP contribution in [0.2, 0.25) is 0 Å². The average molecular weight is 552 g/mol. The van der Waals surface area contributed by atoms with Crippen molar-refractivity contribution in [2.24, 2.45) is 0 Å². The number of hydrogen-bond acceptors (Lipinski definition) is 1. The molecule has 6 aromatic carbocycles. The van der Waals surface area contributed by atoms with Gasteiger partial charge in [-0.2, -0.15) is 0 Å².